The maximum Gasteiger partial charge on any atom is 0.306 e. The van der Waals surface area contributed by atoms with Crippen LogP contribution in [0.2, 0.25) is 0 Å². The van der Waals surface area contributed by atoms with E-state index in [0.717, 1.165) is 57.8 Å². The maximum atomic E-state index is 12.6. The van der Waals surface area contributed by atoms with E-state index in [1.165, 1.54) is 103 Å². The highest BCUT2D eigenvalue weighted by molar-refractivity contribution is 5.69. The van der Waals surface area contributed by atoms with Crippen molar-refractivity contribution in [2.45, 2.75) is 206 Å². The van der Waals surface area contributed by atoms with Gasteiger partial charge in [0.2, 0.25) is 0 Å². The first kappa shape index (κ1) is 49.1. The second-order valence-electron chi connectivity index (χ2n) is 14.1. The summed E-state index contributed by atoms with van der Waals surface area (Å²) in [5.41, 5.74) is 0. The summed E-state index contributed by atoms with van der Waals surface area (Å²) < 4.78 is 5.80. The minimum absolute atomic E-state index is 0.139. The molecule has 0 heterocycles. The SMILES string of the molecule is CC/C=C\C/C=C\C/C=C\C/C=C\C/C=C\C(CCCCC(=O)O)OC(=O)CCCCCCCCCCCCC/C=C\C/C=C\CCCCCCC. The normalized spacial score (nSPS) is 13.1. The van der Waals surface area contributed by atoms with E-state index < -0.39 is 5.97 Å². The van der Waals surface area contributed by atoms with Crippen molar-refractivity contribution in [3.63, 3.8) is 0 Å². The van der Waals surface area contributed by atoms with Gasteiger partial charge >= 0.3 is 11.9 Å². The molecule has 0 fully saturated rings. The molecule has 1 atom stereocenters. The lowest BCUT2D eigenvalue weighted by atomic mass is 10.0. The molecule has 0 aliphatic heterocycles. The highest BCUT2D eigenvalue weighted by Gasteiger charge is 2.12. The Morgan fingerprint density at radius 1 is 0.462 bits per heavy atom. The van der Waals surface area contributed by atoms with Crippen LogP contribution in [-0.2, 0) is 14.3 Å². The monoisotopic (exact) mass is 721 g/mol. The molecule has 1 unspecified atom stereocenters. The Hall–Kier alpha value is -2.88. The number of rotatable bonds is 38. The second kappa shape index (κ2) is 42.5. The number of hydrogen-bond donors (Lipinski definition) is 1. The van der Waals surface area contributed by atoms with Crippen molar-refractivity contribution in [1.29, 1.82) is 0 Å². The standard InChI is InChI=1S/C48H80O4/c1-3-5-7-9-11-13-15-17-19-20-21-22-23-24-25-26-27-29-31-33-35-37-39-45-48(51)52-46(43-40-41-44-47(49)50)42-38-36-34-32-30-28-18-16-14-12-10-8-6-4-2/h6,8,12,14-15,17-18,20-21,28,32,34,38,42,46H,3-5,7,9-11,13,16,19,22-27,29-31,33,35-37,39-41,43-45H2,1-2H3,(H,49,50)/b8-6-,14-12-,17-15-,21-20-,28-18-,34-32-,42-38-. The van der Waals surface area contributed by atoms with Gasteiger partial charge in [-0.05, 0) is 96.0 Å². The molecule has 0 aliphatic carbocycles. The fourth-order valence-electron chi connectivity index (χ4n) is 5.92. The number of carbonyl (C=O) groups is 2. The van der Waals surface area contributed by atoms with Gasteiger partial charge in [0, 0.05) is 12.8 Å². The molecule has 0 radical (unpaired) electrons. The molecule has 0 aromatic carbocycles. The molecular formula is C48H80O4. The fourth-order valence-corrected chi connectivity index (χ4v) is 5.92. The van der Waals surface area contributed by atoms with Gasteiger partial charge in [-0.3, -0.25) is 9.59 Å². The number of carboxylic acids is 1. The molecule has 0 bridgehead atoms. The van der Waals surface area contributed by atoms with E-state index in [9.17, 15) is 9.59 Å². The average Bonchev–Trinajstić information content (AvgIpc) is 3.13. The lowest BCUT2D eigenvalue weighted by Gasteiger charge is -2.14. The van der Waals surface area contributed by atoms with Crippen LogP contribution in [0.5, 0.6) is 0 Å². The number of esters is 1. The van der Waals surface area contributed by atoms with E-state index >= 15 is 0 Å². The van der Waals surface area contributed by atoms with Gasteiger partial charge in [0.25, 0.3) is 0 Å². The van der Waals surface area contributed by atoms with Crippen LogP contribution in [0.15, 0.2) is 85.1 Å². The molecule has 0 aromatic heterocycles. The Labute approximate surface area is 321 Å². The van der Waals surface area contributed by atoms with E-state index in [4.69, 9.17) is 9.84 Å². The number of aliphatic carboxylic acids is 1. The zero-order valence-electron chi connectivity index (χ0n) is 33.8. The molecule has 0 amide bonds. The van der Waals surface area contributed by atoms with Crippen molar-refractivity contribution in [3.8, 4) is 0 Å². The van der Waals surface area contributed by atoms with Crippen LogP contribution in [0.25, 0.3) is 0 Å². The van der Waals surface area contributed by atoms with Gasteiger partial charge in [-0.2, -0.15) is 0 Å². The number of carbonyl (C=O) groups excluding carboxylic acids is 1. The summed E-state index contributed by atoms with van der Waals surface area (Å²) in [6, 6.07) is 0. The number of unbranched alkanes of at least 4 members (excludes halogenated alkanes) is 17. The number of carboxylic acid groups (broad SMARTS) is 1. The summed E-state index contributed by atoms with van der Waals surface area (Å²) in [5, 5.41) is 8.95. The first-order valence-corrected chi connectivity index (χ1v) is 21.6. The third-order valence-corrected chi connectivity index (χ3v) is 9.09. The van der Waals surface area contributed by atoms with Gasteiger partial charge in [0.15, 0.2) is 0 Å². The molecule has 0 aliphatic rings. The molecule has 0 spiro atoms. The predicted octanol–water partition coefficient (Wildman–Crippen LogP) is 15.2. The first-order valence-electron chi connectivity index (χ1n) is 21.6. The van der Waals surface area contributed by atoms with Gasteiger partial charge in [-0.25, -0.2) is 0 Å². The van der Waals surface area contributed by atoms with Crippen LogP contribution >= 0.6 is 0 Å². The number of allylic oxidation sites excluding steroid dienone is 13. The Kier molecular flexibility index (Phi) is 40.2. The molecule has 4 heteroatoms. The van der Waals surface area contributed by atoms with E-state index in [1.54, 1.807) is 0 Å². The maximum absolute atomic E-state index is 12.6. The van der Waals surface area contributed by atoms with Gasteiger partial charge in [0.05, 0.1) is 0 Å². The zero-order chi connectivity index (χ0) is 37.8. The fraction of sp³-hybridized carbons (Fsp3) is 0.667. The van der Waals surface area contributed by atoms with Crippen molar-refractivity contribution in [2.24, 2.45) is 0 Å². The first-order chi connectivity index (χ1) is 25.6. The quantitative estimate of drug-likeness (QED) is 0.0392. The molecule has 0 saturated carbocycles. The Bertz CT molecular complexity index is 996. The van der Waals surface area contributed by atoms with Crippen LogP contribution in [0.1, 0.15) is 200 Å². The molecule has 0 rings (SSSR count). The van der Waals surface area contributed by atoms with Crippen LogP contribution in [-0.4, -0.2) is 23.1 Å². The highest BCUT2D eigenvalue weighted by Crippen LogP contribution is 2.15. The second-order valence-corrected chi connectivity index (χ2v) is 14.1. The van der Waals surface area contributed by atoms with Crippen molar-refractivity contribution in [2.75, 3.05) is 0 Å². The lowest BCUT2D eigenvalue weighted by molar-refractivity contribution is -0.147. The Balaban J connectivity index is 3.94. The van der Waals surface area contributed by atoms with E-state index in [1.807, 2.05) is 6.08 Å². The summed E-state index contributed by atoms with van der Waals surface area (Å²) in [6.07, 6.45) is 62.0. The Morgan fingerprint density at radius 3 is 1.35 bits per heavy atom. The van der Waals surface area contributed by atoms with Gasteiger partial charge in [-0.1, -0.05) is 176 Å². The summed E-state index contributed by atoms with van der Waals surface area (Å²) in [7, 11) is 0. The van der Waals surface area contributed by atoms with E-state index in [-0.39, 0.29) is 18.5 Å². The molecule has 4 nitrogen and oxygen atoms in total. The number of ether oxygens (including phenoxy) is 1. The van der Waals surface area contributed by atoms with Crippen molar-refractivity contribution in [3.05, 3.63) is 85.1 Å². The van der Waals surface area contributed by atoms with Gasteiger partial charge in [0.1, 0.15) is 6.10 Å². The lowest BCUT2D eigenvalue weighted by Crippen LogP contribution is -2.16. The molecule has 0 saturated heterocycles. The summed E-state index contributed by atoms with van der Waals surface area (Å²) >= 11 is 0. The highest BCUT2D eigenvalue weighted by atomic mass is 16.5. The van der Waals surface area contributed by atoms with Crippen LogP contribution in [0.4, 0.5) is 0 Å². The third kappa shape index (κ3) is 41.5. The minimum atomic E-state index is -0.778. The van der Waals surface area contributed by atoms with E-state index in [2.05, 4.69) is 92.8 Å². The number of hydrogen-bond acceptors (Lipinski definition) is 3. The molecular weight excluding hydrogens is 641 g/mol. The van der Waals surface area contributed by atoms with Crippen LogP contribution < -0.4 is 0 Å². The zero-order valence-corrected chi connectivity index (χ0v) is 33.8. The van der Waals surface area contributed by atoms with Crippen molar-refractivity contribution in [1.82, 2.24) is 0 Å². The third-order valence-electron chi connectivity index (χ3n) is 9.09. The average molecular weight is 721 g/mol. The predicted molar refractivity (Wildman–Crippen MR) is 227 cm³/mol. The minimum Gasteiger partial charge on any atom is -0.481 e. The smallest absolute Gasteiger partial charge is 0.306 e. The van der Waals surface area contributed by atoms with Crippen LogP contribution in [0.3, 0.4) is 0 Å². The summed E-state index contributed by atoms with van der Waals surface area (Å²) in [6.45, 7) is 4.42. The van der Waals surface area contributed by atoms with E-state index in [0.29, 0.717) is 19.3 Å². The summed E-state index contributed by atoms with van der Waals surface area (Å²) in [5.74, 6) is -0.917. The molecule has 52 heavy (non-hydrogen) atoms. The molecule has 296 valence electrons. The van der Waals surface area contributed by atoms with Gasteiger partial charge in [-0.15, -0.1) is 0 Å². The van der Waals surface area contributed by atoms with Gasteiger partial charge < -0.3 is 9.84 Å². The summed E-state index contributed by atoms with van der Waals surface area (Å²) in [4.78, 5) is 23.5. The van der Waals surface area contributed by atoms with Crippen molar-refractivity contribution >= 4 is 11.9 Å². The molecule has 1 N–H and O–H groups in total. The topological polar surface area (TPSA) is 63.6 Å². The largest absolute Gasteiger partial charge is 0.481 e. The van der Waals surface area contributed by atoms with Crippen molar-refractivity contribution < 1.29 is 19.4 Å². The Morgan fingerprint density at radius 2 is 0.865 bits per heavy atom. The van der Waals surface area contributed by atoms with Crippen LogP contribution in [0, 0.1) is 0 Å². The molecule has 0 aromatic rings.